The van der Waals surface area contributed by atoms with Crippen molar-refractivity contribution in [1.82, 2.24) is 0 Å². The van der Waals surface area contributed by atoms with Crippen LogP contribution in [0.15, 0.2) is 54.6 Å². The minimum atomic E-state index is -0.784. The predicted molar refractivity (Wildman–Crippen MR) is 85.9 cm³/mol. The van der Waals surface area contributed by atoms with Gasteiger partial charge in [0.15, 0.2) is 0 Å². The van der Waals surface area contributed by atoms with Crippen LogP contribution in [-0.4, -0.2) is 24.2 Å². The molecule has 0 aliphatic carbocycles. The lowest BCUT2D eigenvalue weighted by Gasteiger charge is -2.28. The highest BCUT2D eigenvalue weighted by Gasteiger charge is 2.23. The molecule has 0 amide bonds. The minimum absolute atomic E-state index is 0.473. The molecule has 2 rings (SSSR count). The highest BCUT2D eigenvalue weighted by Crippen LogP contribution is 2.24. The number of likely N-dealkylation sites (N-methyl/N-ethyl adjacent to an activating group) is 1. The zero-order chi connectivity index (χ0) is 15.2. The molecular weight excluding hydrogens is 262 g/mol. The molecule has 21 heavy (non-hydrogen) atoms. The number of aliphatic carboxylic acids is 1. The maximum absolute atomic E-state index is 11.6. The number of rotatable bonds is 6. The first-order valence-corrected chi connectivity index (χ1v) is 7.21. The Labute approximate surface area is 125 Å². The molecule has 0 aromatic heterocycles. The van der Waals surface area contributed by atoms with E-state index in [4.69, 9.17) is 0 Å². The Hall–Kier alpha value is -2.29. The van der Waals surface area contributed by atoms with E-state index >= 15 is 0 Å². The molecule has 1 atom stereocenters. The van der Waals surface area contributed by atoms with Gasteiger partial charge in [-0.05, 0) is 31.0 Å². The first-order valence-electron chi connectivity index (χ1n) is 7.21. The molecule has 1 unspecified atom stereocenters. The van der Waals surface area contributed by atoms with E-state index in [1.165, 1.54) is 0 Å². The van der Waals surface area contributed by atoms with E-state index in [0.717, 1.165) is 23.4 Å². The Kier molecular flexibility index (Phi) is 4.99. The van der Waals surface area contributed by atoms with Crippen LogP contribution < -0.4 is 4.90 Å². The lowest BCUT2D eigenvalue weighted by molar-refractivity contribution is -0.138. The van der Waals surface area contributed by atoms with Gasteiger partial charge in [-0.1, -0.05) is 48.5 Å². The largest absolute Gasteiger partial charge is 0.481 e. The number of carbonyl (C=O) groups is 1. The first-order chi connectivity index (χ1) is 10.1. The lowest BCUT2D eigenvalue weighted by Crippen LogP contribution is -2.32. The molecule has 1 N–H and O–H groups in total. The highest BCUT2D eigenvalue weighted by atomic mass is 16.4. The molecule has 3 heteroatoms. The molecule has 0 saturated heterocycles. The highest BCUT2D eigenvalue weighted by molar-refractivity contribution is 5.77. The number of hydrogen-bond donors (Lipinski definition) is 1. The summed E-state index contributed by atoms with van der Waals surface area (Å²) in [5.74, 6) is -1.31. The van der Waals surface area contributed by atoms with Gasteiger partial charge < -0.3 is 10.0 Å². The van der Waals surface area contributed by atoms with Gasteiger partial charge in [-0.15, -0.1) is 0 Å². The fourth-order valence-corrected chi connectivity index (χ4v) is 2.55. The van der Waals surface area contributed by atoms with E-state index in [1.54, 1.807) is 0 Å². The van der Waals surface area contributed by atoms with Crippen LogP contribution in [0.3, 0.4) is 0 Å². The maximum Gasteiger partial charge on any atom is 0.312 e. The van der Waals surface area contributed by atoms with Crippen molar-refractivity contribution in [3.05, 3.63) is 65.7 Å². The molecule has 2 aromatic rings. The number of para-hydroxylation sites is 1. The zero-order valence-corrected chi connectivity index (χ0v) is 12.5. The van der Waals surface area contributed by atoms with Crippen LogP contribution in [0.1, 0.15) is 24.0 Å². The van der Waals surface area contributed by atoms with Crippen molar-refractivity contribution >= 4 is 11.7 Å². The van der Waals surface area contributed by atoms with Crippen LogP contribution in [0.4, 0.5) is 5.69 Å². The maximum atomic E-state index is 11.6. The van der Waals surface area contributed by atoms with Crippen molar-refractivity contribution < 1.29 is 9.90 Å². The van der Waals surface area contributed by atoms with Gasteiger partial charge in [0, 0.05) is 18.8 Å². The summed E-state index contributed by atoms with van der Waals surface area (Å²) in [6.45, 7) is 5.36. The Balaban J connectivity index is 2.27. The topological polar surface area (TPSA) is 40.5 Å². The quantitative estimate of drug-likeness (QED) is 0.879. The van der Waals surface area contributed by atoms with Crippen molar-refractivity contribution in [2.24, 2.45) is 0 Å². The molecule has 3 nitrogen and oxygen atoms in total. The summed E-state index contributed by atoms with van der Waals surface area (Å²) in [6, 6.07) is 17.5. The number of benzene rings is 2. The Bertz CT molecular complexity index is 595. The van der Waals surface area contributed by atoms with Gasteiger partial charge in [0.1, 0.15) is 0 Å². The van der Waals surface area contributed by atoms with Crippen molar-refractivity contribution in [1.29, 1.82) is 0 Å². The fourth-order valence-electron chi connectivity index (χ4n) is 2.55. The van der Waals surface area contributed by atoms with Gasteiger partial charge in [0.2, 0.25) is 0 Å². The van der Waals surface area contributed by atoms with Gasteiger partial charge in [-0.25, -0.2) is 0 Å². The average molecular weight is 283 g/mol. The molecule has 0 fully saturated rings. The standard InChI is InChI=1S/C18H21NO2/c1-3-19(17-12-8-7-9-14(17)2)13-16(18(20)21)15-10-5-4-6-11-15/h4-12,16H,3,13H2,1-2H3,(H,20,21). The summed E-state index contributed by atoms with van der Waals surface area (Å²) in [7, 11) is 0. The zero-order valence-electron chi connectivity index (χ0n) is 12.5. The van der Waals surface area contributed by atoms with Crippen molar-refractivity contribution in [3.8, 4) is 0 Å². The third kappa shape index (κ3) is 3.63. The van der Waals surface area contributed by atoms with E-state index in [9.17, 15) is 9.90 Å². The summed E-state index contributed by atoms with van der Waals surface area (Å²) >= 11 is 0. The molecule has 0 spiro atoms. The summed E-state index contributed by atoms with van der Waals surface area (Å²) < 4.78 is 0. The lowest BCUT2D eigenvalue weighted by atomic mass is 9.98. The second-order valence-corrected chi connectivity index (χ2v) is 5.13. The van der Waals surface area contributed by atoms with E-state index in [-0.39, 0.29) is 0 Å². The molecule has 0 saturated carbocycles. The Morgan fingerprint density at radius 2 is 1.71 bits per heavy atom. The molecular formula is C18H21NO2. The summed E-state index contributed by atoms with van der Waals surface area (Å²) in [5.41, 5.74) is 3.11. The van der Waals surface area contributed by atoms with E-state index in [2.05, 4.69) is 24.8 Å². The molecule has 0 radical (unpaired) electrons. The fraction of sp³-hybridized carbons (Fsp3) is 0.278. The molecule has 0 bridgehead atoms. The molecule has 110 valence electrons. The second kappa shape index (κ2) is 6.93. The van der Waals surface area contributed by atoms with Crippen LogP contribution in [0.2, 0.25) is 0 Å². The van der Waals surface area contributed by atoms with Crippen molar-refractivity contribution in [2.75, 3.05) is 18.0 Å². The number of hydrogen-bond acceptors (Lipinski definition) is 2. The van der Waals surface area contributed by atoms with Crippen molar-refractivity contribution in [2.45, 2.75) is 19.8 Å². The third-order valence-electron chi connectivity index (χ3n) is 3.74. The summed E-state index contributed by atoms with van der Waals surface area (Å²) in [6.07, 6.45) is 0. The first kappa shape index (κ1) is 15.1. The summed E-state index contributed by atoms with van der Waals surface area (Å²) in [4.78, 5) is 13.8. The number of carboxylic acid groups (broad SMARTS) is 1. The number of carboxylic acids is 1. The monoisotopic (exact) mass is 283 g/mol. The molecule has 0 aliphatic heterocycles. The van der Waals surface area contributed by atoms with Crippen LogP contribution in [-0.2, 0) is 4.79 Å². The van der Waals surface area contributed by atoms with E-state index in [0.29, 0.717) is 6.54 Å². The molecule has 2 aromatic carbocycles. The van der Waals surface area contributed by atoms with Crippen LogP contribution >= 0.6 is 0 Å². The molecule has 0 aliphatic rings. The van der Waals surface area contributed by atoms with Gasteiger partial charge in [0.25, 0.3) is 0 Å². The Morgan fingerprint density at radius 3 is 2.29 bits per heavy atom. The van der Waals surface area contributed by atoms with Gasteiger partial charge in [-0.3, -0.25) is 4.79 Å². The average Bonchev–Trinajstić information content (AvgIpc) is 2.50. The van der Waals surface area contributed by atoms with Crippen LogP contribution in [0.25, 0.3) is 0 Å². The SMILES string of the molecule is CCN(CC(C(=O)O)c1ccccc1)c1ccccc1C. The number of aryl methyl sites for hydroxylation is 1. The van der Waals surface area contributed by atoms with Gasteiger partial charge in [-0.2, -0.15) is 0 Å². The predicted octanol–water partition coefficient (Wildman–Crippen LogP) is 3.69. The van der Waals surface area contributed by atoms with Crippen LogP contribution in [0.5, 0.6) is 0 Å². The summed E-state index contributed by atoms with van der Waals surface area (Å²) in [5, 5.41) is 9.56. The molecule has 0 heterocycles. The van der Waals surface area contributed by atoms with Crippen molar-refractivity contribution in [3.63, 3.8) is 0 Å². The van der Waals surface area contributed by atoms with Gasteiger partial charge >= 0.3 is 5.97 Å². The van der Waals surface area contributed by atoms with E-state index < -0.39 is 11.9 Å². The number of anilines is 1. The van der Waals surface area contributed by atoms with Gasteiger partial charge in [0.05, 0.1) is 5.92 Å². The van der Waals surface area contributed by atoms with E-state index in [1.807, 2.05) is 48.5 Å². The Morgan fingerprint density at radius 1 is 1.10 bits per heavy atom. The number of nitrogens with zero attached hydrogens (tertiary/aromatic N) is 1. The van der Waals surface area contributed by atoms with Crippen LogP contribution in [0, 0.1) is 6.92 Å². The minimum Gasteiger partial charge on any atom is -0.481 e. The third-order valence-corrected chi connectivity index (χ3v) is 3.74. The smallest absolute Gasteiger partial charge is 0.312 e. The normalized spacial score (nSPS) is 11.9. The second-order valence-electron chi connectivity index (χ2n) is 5.13.